The average Bonchev–Trinajstić information content (AvgIpc) is 2.91. The molecule has 4 aromatic rings. The van der Waals surface area contributed by atoms with Crippen molar-refractivity contribution in [2.24, 2.45) is 0 Å². The van der Waals surface area contributed by atoms with Crippen molar-refractivity contribution in [3.05, 3.63) is 107 Å². The van der Waals surface area contributed by atoms with Crippen molar-refractivity contribution >= 4 is 34.4 Å². The van der Waals surface area contributed by atoms with Gasteiger partial charge in [-0.25, -0.2) is 0 Å². The number of carbonyl (C=O) groups excluding carboxylic acids is 4. The first-order chi connectivity index (χ1) is 17.5. The minimum absolute atomic E-state index is 0.215. The van der Waals surface area contributed by atoms with Crippen LogP contribution in [0.4, 0.5) is 0 Å². The van der Waals surface area contributed by atoms with Gasteiger partial charge >= 0.3 is 0 Å². The molecule has 2 aromatic carbocycles. The Bertz CT molecular complexity index is 1380. The van der Waals surface area contributed by atoms with Gasteiger partial charge in [0.25, 0.3) is 23.6 Å². The molecule has 8 heteroatoms. The van der Waals surface area contributed by atoms with Gasteiger partial charge in [-0.3, -0.25) is 38.9 Å². The van der Waals surface area contributed by atoms with Crippen LogP contribution in [0.1, 0.15) is 52.6 Å². The van der Waals surface area contributed by atoms with E-state index in [2.05, 4.69) is 9.97 Å². The molecule has 2 aliphatic heterocycles. The maximum Gasteiger partial charge on any atom is 0.261 e. The summed E-state index contributed by atoms with van der Waals surface area (Å²) in [6.45, 7) is 0.430. The van der Waals surface area contributed by atoms with Gasteiger partial charge in [0.1, 0.15) is 0 Å². The van der Waals surface area contributed by atoms with Gasteiger partial charge < -0.3 is 0 Å². The van der Waals surface area contributed by atoms with Crippen LogP contribution in [0.3, 0.4) is 0 Å². The van der Waals surface area contributed by atoms with Crippen molar-refractivity contribution < 1.29 is 19.2 Å². The number of hydrogen-bond acceptors (Lipinski definition) is 6. The quantitative estimate of drug-likeness (QED) is 0.396. The molecule has 2 aliphatic rings. The van der Waals surface area contributed by atoms with Crippen molar-refractivity contribution in [3.8, 4) is 0 Å². The molecule has 0 saturated carbocycles. The molecule has 0 unspecified atom stereocenters. The van der Waals surface area contributed by atoms with Crippen LogP contribution in [-0.4, -0.2) is 56.5 Å². The molecule has 36 heavy (non-hydrogen) atoms. The standard InChI is InChI=1S/C28H20N4O4/c33-25-19-1-2-20-24-22(28(36)32(26(20)34)16-10-18-7-13-30-14-8-18)4-3-21(23(19)24)27(35)31(25)15-9-17-5-11-29-12-6-17/h1-8,11-14H,9-10,15-16H2. The van der Waals surface area contributed by atoms with Gasteiger partial charge in [0.05, 0.1) is 0 Å². The van der Waals surface area contributed by atoms with Gasteiger partial charge in [-0.2, -0.15) is 0 Å². The lowest BCUT2D eigenvalue weighted by Gasteiger charge is -2.32. The van der Waals surface area contributed by atoms with E-state index in [1.54, 1.807) is 49.1 Å². The Labute approximate surface area is 206 Å². The summed E-state index contributed by atoms with van der Waals surface area (Å²) in [5.41, 5.74) is 3.22. The maximum absolute atomic E-state index is 13.4. The molecule has 4 amide bonds. The molecule has 0 N–H and O–H groups in total. The number of benzene rings is 2. The average molecular weight is 476 g/mol. The van der Waals surface area contributed by atoms with Crippen molar-refractivity contribution in [2.75, 3.05) is 13.1 Å². The fourth-order valence-corrected chi connectivity index (χ4v) is 4.96. The molecule has 0 fully saturated rings. The number of amides is 4. The fourth-order valence-electron chi connectivity index (χ4n) is 4.96. The lowest BCUT2D eigenvalue weighted by atomic mass is 9.85. The third kappa shape index (κ3) is 3.38. The maximum atomic E-state index is 13.4. The van der Waals surface area contributed by atoms with Crippen LogP contribution >= 0.6 is 0 Å². The first kappa shape index (κ1) is 21.8. The second kappa shape index (κ2) is 8.49. The van der Waals surface area contributed by atoms with Gasteiger partial charge in [0, 0.05) is 70.9 Å². The number of aromatic nitrogens is 2. The SMILES string of the molecule is O=C1c2ccc3c4c(ccc(c24)C(=O)N1CCc1ccncc1)C(=O)N(CCc1ccncc1)C3=O. The molecular formula is C28H20N4O4. The molecule has 0 spiro atoms. The zero-order valence-corrected chi connectivity index (χ0v) is 19.2. The molecular weight excluding hydrogens is 456 g/mol. The highest BCUT2D eigenvalue weighted by molar-refractivity contribution is 6.33. The molecule has 0 atom stereocenters. The van der Waals surface area contributed by atoms with E-state index in [0.717, 1.165) is 11.1 Å². The predicted octanol–water partition coefficient (Wildman–Crippen LogP) is 3.31. The van der Waals surface area contributed by atoms with Crippen molar-refractivity contribution in [1.29, 1.82) is 0 Å². The third-order valence-corrected chi connectivity index (χ3v) is 6.81. The first-order valence-electron chi connectivity index (χ1n) is 11.6. The van der Waals surface area contributed by atoms with Crippen LogP contribution < -0.4 is 0 Å². The van der Waals surface area contributed by atoms with E-state index in [0.29, 0.717) is 45.9 Å². The smallest absolute Gasteiger partial charge is 0.261 e. The normalized spacial score (nSPS) is 14.7. The van der Waals surface area contributed by atoms with Crippen molar-refractivity contribution in [1.82, 2.24) is 19.8 Å². The van der Waals surface area contributed by atoms with Crippen LogP contribution in [-0.2, 0) is 12.8 Å². The van der Waals surface area contributed by atoms with Crippen molar-refractivity contribution in [2.45, 2.75) is 12.8 Å². The van der Waals surface area contributed by atoms with E-state index in [1.807, 2.05) is 24.3 Å². The Kier molecular flexibility index (Phi) is 5.14. The summed E-state index contributed by atoms with van der Waals surface area (Å²) in [5.74, 6) is -1.70. The van der Waals surface area contributed by atoms with Crippen LogP contribution in [0.15, 0.2) is 73.3 Å². The minimum Gasteiger partial charge on any atom is -0.274 e. The van der Waals surface area contributed by atoms with E-state index < -0.39 is 23.6 Å². The number of rotatable bonds is 6. The molecule has 176 valence electrons. The van der Waals surface area contributed by atoms with Gasteiger partial charge in [0.2, 0.25) is 0 Å². The zero-order chi connectivity index (χ0) is 24.8. The van der Waals surface area contributed by atoms with E-state index in [4.69, 9.17) is 0 Å². The number of carbonyl (C=O) groups is 4. The zero-order valence-electron chi connectivity index (χ0n) is 19.2. The van der Waals surface area contributed by atoms with Gasteiger partial charge in [-0.1, -0.05) is 0 Å². The van der Waals surface area contributed by atoms with E-state index in [-0.39, 0.29) is 13.1 Å². The summed E-state index contributed by atoms with van der Waals surface area (Å²) in [5, 5.41) is 0.770. The second-order valence-electron chi connectivity index (χ2n) is 8.81. The summed E-state index contributed by atoms with van der Waals surface area (Å²) >= 11 is 0. The molecule has 6 rings (SSSR count). The van der Waals surface area contributed by atoms with Crippen molar-refractivity contribution in [3.63, 3.8) is 0 Å². The van der Waals surface area contributed by atoms with Crippen LogP contribution in [0.2, 0.25) is 0 Å². The Hall–Kier alpha value is -4.72. The fraction of sp³-hybridized carbons (Fsp3) is 0.143. The lowest BCUT2D eigenvalue weighted by molar-refractivity contribution is 0.0590. The van der Waals surface area contributed by atoms with Gasteiger partial charge in [0.15, 0.2) is 0 Å². The highest BCUT2D eigenvalue weighted by atomic mass is 16.2. The number of hydrogen-bond donors (Lipinski definition) is 0. The van der Waals surface area contributed by atoms with Gasteiger partial charge in [-0.05, 0) is 72.5 Å². The first-order valence-corrected chi connectivity index (χ1v) is 11.6. The van der Waals surface area contributed by atoms with Crippen LogP contribution in [0.5, 0.6) is 0 Å². The molecule has 0 saturated heterocycles. The number of imide groups is 2. The topological polar surface area (TPSA) is 101 Å². The third-order valence-electron chi connectivity index (χ3n) is 6.81. The summed E-state index contributed by atoms with van der Waals surface area (Å²) in [6, 6.07) is 13.7. The summed E-state index contributed by atoms with van der Waals surface area (Å²) in [4.78, 5) is 63.9. The molecule has 8 nitrogen and oxygen atoms in total. The Balaban J connectivity index is 1.35. The largest absolute Gasteiger partial charge is 0.274 e. The monoisotopic (exact) mass is 476 g/mol. The second-order valence-corrected chi connectivity index (χ2v) is 8.81. The molecule has 4 heterocycles. The van der Waals surface area contributed by atoms with Crippen LogP contribution in [0.25, 0.3) is 10.8 Å². The number of pyridine rings is 2. The lowest BCUT2D eigenvalue weighted by Crippen LogP contribution is -2.44. The van der Waals surface area contributed by atoms with Crippen LogP contribution in [0, 0.1) is 0 Å². The van der Waals surface area contributed by atoms with Gasteiger partial charge in [-0.15, -0.1) is 0 Å². The minimum atomic E-state index is -0.426. The van der Waals surface area contributed by atoms with E-state index in [9.17, 15) is 19.2 Å². The predicted molar refractivity (Wildman–Crippen MR) is 131 cm³/mol. The molecule has 0 aliphatic carbocycles. The van der Waals surface area contributed by atoms with E-state index in [1.165, 1.54) is 9.80 Å². The highest BCUT2D eigenvalue weighted by Crippen LogP contribution is 2.37. The number of nitrogens with zero attached hydrogens (tertiary/aromatic N) is 4. The Morgan fingerprint density at radius 3 is 1.08 bits per heavy atom. The molecule has 0 radical (unpaired) electrons. The van der Waals surface area contributed by atoms with E-state index >= 15 is 0 Å². The Morgan fingerprint density at radius 2 is 0.778 bits per heavy atom. The summed E-state index contributed by atoms with van der Waals surface area (Å²) in [7, 11) is 0. The summed E-state index contributed by atoms with van der Waals surface area (Å²) in [6.07, 6.45) is 7.67. The highest BCUT2D eigenvalue weighted by Gasteiger charge is 2.39. The summed E-state index contributed by atoms with van der Waals surface area (Å²) < 4.78 is 0. The Morgan fingerprint density at radius 1 is 0.472 bits per heavy atom. The molecule has 0 bridgehead atoms. The molecule has 2 aromatic heterocycles.